The first-order chi connectivity index (χ1) is 14.2. The molecule has 0 saturated carbocycles. The molecule has 0 atom stereocenters. The first kappa shape index (κ1) is 19.4. The van der Waals surface area contributed by atoms with Crippen LogP contribution < -0.4 is 16.8 Å². The quantitative estimate of drug-likeness (QED) is 0.164. The molecule has 0 saturated heterocycles. The monoisotopic (exact) mass is 422 g/mol. The number of hydrogen-bond acceptors (Lipinski definition) is 6. The number of amides is 1. The van der Waals surface area contributed by atoms with Crippen LogP contribution in [0.4, 0.5) is 0 Å². The van der Waals surface area contributed by atoms with E-state index in [0.717, 1.165) is 16.7 Å². The average molecular weight is 423 g/mol. The van der Waals surface area contributed by atoms with Gasteiger partial charge in [-0.1, -0.05) is 72.4 Å². The Morgan fingerprint density at radius 2 is 1.79 bits per heavy atom. The van der Waals surface area contributed by atoms with Gasteiger partial charge in [0.1, 0.15) is 4.83 Å². The highest BCUT2D eigenvalue weighted by Gasteiger charge is 2.18. The number of hydrogen-bond donors (Lipinski definition) is 2. The Hall–Kier alpha value is -2.94. The molecule has 0 fully saturated rings. The summed E-state index contributed by atoms with van der Waals surface area (Å²) in [4.78, 5) is 30.5. The van der Waals surface area contributed by atoms with E-state index in [9.17, 15) is 9.59 Å². The number of hydrazine groups is 1. The fourth-order valence-corrected chi connectivity index (χ4v) is 4.82. The Labute approximate surface area is 175 Å². The van der Waals surface area contributed by atoms with Gasteiger partial charge in [-0.05, 0) is 11.1 Å². The maximum Gasteiger partial charge on any atom is 0.263 e. The molecular formula is C21H18N4O2S2. The minimum atomic E-state index is -0.327. The highest BCUT2D eigenvalue weighted by atomic mass is 32.2. The van der Waals surface area contributed by atoms with E-state index in [0.29, 0.717) is 21.9 Å². The van der Waals surface area contributed by atoms with Crippen LogP contribution in [0.1, 0.15) is 5.56 Å². The second-order valence-electron chi connectivity index (χ2n) is 6.32. The van der Waals surface area contributed by atoms with Crippen molar-refractivity contribution in [1.82, 2.24) is 15.0 Å². The minimum absolute atomic E-state index is 0.0835. The van der Waals surface area contributed by atoms with Crippen molar-refractivity contribution >= 4 is 39.2 Å². The first-order valence-corrected chi connectivity index (χ1v) is 10.8. The van der Waals surface area contributed by atoms with Crippen molar-refractivity contribution in [3.63, 3.8) is 0 Å². The molecule has 1 amide bonds. The van der Waals surface area contributed by atoms with E-state index in [1.165, 1.54) is 23.1 Å². The Morgan fingerprint density at radius 1 is 1.10 bits per heavy atom. The van der Waals surface area contributed by atoms with Crippen molar-refractivity contribution in [2.45, 2.75) is 11.7 Å². The second kappa shape index (κ2) is 8.60. The summed E-state index contributed by atoms with van der Waals surface area (Å²) in [5.41, 5.74) is 4.83. The summed E-state index contributed by atoms with van der Waals surface area (Å²) in [6.07, 6.45) is 0. The maximum absolute atomic E-state index is 13.5. The van der Waals surface area contributed by atoms with E-state index in [1.807, 2.05) is 66.0 Å². The number of thiophene rings is 1. The van der Waals surface area contributed by atoms with Crippen LogP contribution >= 0.6 is 23.1 Å². The molecule has 146 valence electrons. The summed E-state index contributed by atoms with van der Waals surface area (Å²) in [6.45, 7) is 0.374. The van der Waals surface area contributed by atoms with Crippen LogP contribution in [0, 0.1) is 0 Å². The summed E-state index contributed by atoms with van der Waals surface area (Å²) in [6, 6.07) is 19.5. The molecule has 2 aromatic carbocycles. The van der Waals surface area contributed by atoms with E-state index in [2.05, 4.69) is 5.43 Å². The Balaban J connectivity index is 1.86. The van der Waals surface area contributed by atoms with Crippen molar-refractivity contribution in [2.75, 3.05) is 5.75 Å². The number of nitrogens with one attached hydrogen (secondary N) is 1. The van der Waals surface area contributed by atoms with Crippen LogP contribution in [-0.4, -0.2) is 21.2 Å². The lowest BCUT2D eigenvalue weighted by Gasteiger charge is -2.12. The van der Waals surface area contributed by atoms with E-state index in [1.54, 1.807) is 4.57 Å². The Kier molecular flexibility index (Phi) is 5.75. The van der Waals surface area contributed by atoms with Gasteiger partial charge in [0.05, 0.1) is 17.7 Å². The first-order valence-electron chi connectivity index (χ1n) is 8.91. The summed E-state index contributed by atoms with van der Waals surface area (Å²) in [7, 11) is 0. The number of fused-ring (bicyclic) bond motifs is 1. The molecule has 0 spiro atoms. The standard InChI is InChI=1S/C21H18N4O2S2/c22-24-17(26)13-29-21-23-19-18(16(12-28-19)15-9-5-2-6-10-15)20(27)25(21)11-14-7-3-1-4-8-14/h1-10,12H,11,13,22H2,(H,24,26). The minimum Gasteiger partial charge on any atom is -0.294 e. The molecular weight excluding hydrogens is 404 g/mol. The lowest BCUT2D eigenvalue weighted by molar-refractivity contribution is -0.118. The molecule has 4 rings (SSSR count). The molecule has 2 aromatic heterocycles. The van der Waals surface area contributed by atoms with Crippen molar-refractivity contribution in [3.8, 4) is 11.1 Å². The molecule has 29 heavy (non-hydrogen) atoms. The molecule has 6 nitrogen and oxygen atoms in total. The predicted molar refractivity (Wildman–Crippen MR) is 118 cm³/mol. The number of carbonyl (C=O) groups is 1. The highest BCUT2D eigenvalue weighted by Crippen LogP contribution is 2.32. The van der Waals surface area contributed by atoms with Gasteiger partial charge >= 0.3 is 0 Å². The lowest BCUT2D eigenvalue weighted by atomic mass is 10.1. The fourth-order valence-electron chi connectivity index (χ4n) is 3.02. The van der Waals surface area contributed by atoms with Crippen molar-refractivity contribution < 1.29 is 4.79 Å². The van der Waals surface area contributed by atoms with Crippen molar-refractivity contribution in [1.29, 1.82) is 0 Å². The number of carbonyl (C=O) groups excluding carboxylic acids is 1. The van der Waals surface area contributed by atoms with Crippen LogP contribution in [0.25, 0.3) is 21.3 Å². The van der Waals surface area contributed by atoms with Gasteiger partial charge < -0.3 is 0 Å². The van der Waals surface area contributed by atoms with Crippen LogP contribution in [0.15, 0.2) is 76.0 Å². The Morgan fingerprint density at radius 3 is 2.48 bits per heavy atom. The fraction of sp³-hybridized carbons (Fsp3) is 0.0952. The number of nitrogens with zero attached hydrogens (tertiary/aromatic N) is 2. The topological polar surface area (TPSA) is 90.0 Å². The number of nitrogens with two attached hydrogens (primary N) is 1. The summed E-state index contributed by atoms with van der Waals surface area (Å²) in [5, 5.41) is 3.06. The van der Waals surface area contributed by atoms with Crippen molar-refractivity contribution in [3.05, 3.63) is 82.0 Å². The second-order valence-corrected chi connectivity index (χ2v) is 8.12. The summed E-state index contributed by atoms with van der Waals surface area (Å²) >= 11 is 2.63. The van der Waals surface area contributed by atoms with Gasteiger partial charge in [-0.3, -0.25) is 19.6 Å². The van der Waals surface area contributed by atoms with Crippen LogP contribution in [-0.2, 0) is 11.3 Å². The van der Waals surface area contributed by atoms with Gasteiger partial charge in [-0.15, -0.1) is 11.3 Å². The van der Waals surface area contributed by atoms with E-state index in [-0.39, 0.29) is 17.2 Å². The zero-order chi connectivity index (χ0) is 20.2. The summed E-state index contributed by atoms with van der Waals surface area (Å²) < 4.78 is 1.63. The maximum atomic E-state index is 13.5. The highest BCUT2D eigenvalue weighted by molar-refractivity contribution is 7.99. The molecule has 0 aliphatic carbocycles. The Bertz CT molecular complexity index is 1200. The van der Waals surface area contributed by atoms with Crippen molar-refractivity contribution in [2.24, 2.45) is 5.84 Å². The SMILES string of the molecule is NNC(=O)CSc1nc2scc(-c3ccccc3)c2c(=O)n1Cc1ccccc1. The van der Waals surface area contributed by atoms with Gasteiger partial charge in [0.2, 0.25) is 5.91 Å². The van der Waals surface area contributed by atoms with Crippen LogP contribution in [0.2, 0.25) is 0 Å². The molecule has 3 N–H and O–H groups in total. The van der Waals surface area contributed by atoms with E-state index in [4.69, 9.17) is 10.8 Å². The molecule has 0 unspecified atom stereocenters. The van der Waals surface area contributed by atoms with Gasteiger partial charge in [-0.25, -0.2) is 10.8 Å². The molecule has 0 aliphatic rings. The van der Waals surface area contributed by atoms with Gasteiger partial charge in [0.25, 0.3) is 5.56 Å². The van der Waals surface area contributed by atoms with Crippen LogP contribution in [0.5, 0.6) is 0 Å². The number of aromatic nitrogens is 2. The molecule has 8 heteroatoms. The van der Waals surface area contributed by atoms with Gasteiger partial charge in [-0.2, -0.15) is 0 Å². The van der Waals surface area contributed by atoms with E-state index >= 15 is 0 Å². The molecule has 0 aliphatic heterocycles. The molecule has 4 aromatic rings. The lowest BCUT2D eigenvalue weighted by Crippen LogP contribution is -2.32. The smallest absolute Gasteiger partial charge is 0.263 e. The third-order valence-electron chi connectivity index (χ3n) is 4.42. The average Bonchev–Trinajstić information content (AvgIpc) is 3.19. The van der Waals surface area contributed by atoms with Crippen LogP contribution in [0.3, 0.4) is 0 Å². The third kappa shape index (κ3) is 4.09. The number of benzene rings is 2. The molecule has 2 heterocycles. The van der Waals surface area contributed by atoms with E-state index < -0.39 is 0 Å². The summed E-state index contributed by atoms with van der Waals surface area (Å²) in [5.74, 6) is 4.94. The normalized spacial score (nSPS) is 10.9. The zero-order valence-corrected chi connectivity index (χ0v) is 17.0. The largest absolute Gasteiger partial charge is 0.294 e. The number of rotatable bonds is 6. The van der Waals surface area contributed by atoms with Gasteiger partial charge in [0.15, 0.2) is 5.16 Å². The van der Waals surface area contributed by atoms with Gasteiger partial charge in [0, 0.05) is 10.9 Å². The number of thioether (sulfide) groups is 1. The predicted octanol–water partition coefficient (Wildman–Crippen LogP) is 3.26. The zero-order valence-electron chi connectivity index (χ0n) is 15.4. The third-order valence-corrected chi connectivity index (χ3v) is 6.27. The molecule has 0 radical (unpaired) electrons. The molecule has 0 bridgehead atoms.